The van der Waals surface area contributed by atoms with Gasteiger partial charge >= 0.3 is 0 Å². The molecule has 0 aliphatic carbocycles. The smallest absolute Gasteiger partial charge is 0.0173 e. The van der Waals surface area contributed by atoms with Crippen molar-refractivity contribution in [1.29, 1.82) is 0 Å². The summed E-state index contributed by atoms with van der Waals surface area (Å²) >= 11 is 0. The molecule has 1 rings (SSSR count). The average molecular weight is 212 g/mol. The van der Waals surface area contributed by atoms with Crippen LogP contribution in [0.1, 0.15) is 41.0 Å². The molecule has 1 fully saturated rings. The number of rotatable bonds is 4. The van der Waals surface area contributed by atoms with Gasteiger partial charge in [-0.25, -0.2) is 0 Å². The summed E-state index contributed by atoms with van der Waals surface area (Å²) < 4.78 is 0. The zero-order chi connectivity index (χ0) is 11.4. The van der Waals surface area contributed by atoms with E-state index in [9.17, 15) is 0 Å². The molecule has 0 aromatic carbocycles. The minimum absolute atomic E-state index is 0.679. The summed E-state index contributed by atoms with van der Waals surface area (Å²) in [4.78, 5) is 2.70. The highest BCUT2D eigenvalue weighted by atomic mass is 15.2. The highest BCUT2D eigenvalue weighted by Crippen LogP contribution is 2.24. The number of hydrogen-bond acceptors (Lipinski definition) is 2. The predicted octanol–water partition coefficient (Wildman–Crippen LogP) is 2.35. The van der Waals surface area contributed by atoms with Gasteiger partial charge in [0.15, 0.2) is 0 Å². The van der Waals surface area contributed by atoms with Gasteiger partial charge in [-0.2, -0.15) is 0 Å². The maximum absolute atomic E-state index is 3.52. The van der Waals surface area contributed by atoms with E-state index in [1.165, 1.54) is 26.1 Å². The molecule has 90 valence electrons. The lowest BCUT2D eigenvalue weighted by molar-refractivity contribution is 0.0536. The molecule has 0 radical (unpaired) electrons. The summed E-state index contributed by atoms with van der Waals surface area (Å²) in [6.07, 6.45) is 1.27. The first-order chi connectivity index (χ1) is 7.07. The molecule has 0 bridgehead atoms. The van der Waals surface area contributed by atoms with Crippen molar-refractivity contribution in [1.82, 2.24) is 10.2 Å². The van der Waals surface area contributed by atoms with Gasteiger partial charge in [0.05, 0.1) is 0 Å². The molecule has 1 aliphatic heterocycles. The first-order valence-electron chi connectivity index (χ1n) is 6.54. The van der Waals surface area contributed by atoms with Crippen molar-refractivity contribution in [2.75, 3.05) is 19.6 Å². The molecular formula is C13H28N2. The molecular weight excluding hydrogens is 184 g/mol. The van der Waals surface area contributed by atoms with Gasteiger partial charge in [0.25, 0.3) is 0 Å². The molecule has 0 aromatic heterocycles. The van der Waals surface area contributed by atoms with Gasteiger partial charge in [0, 0.05) is 12.1 Å². The van der Waals surface area contributed by atoms with Crippen LogP contribution in [0.25, 0.3) is 0 Å². The molecule has 15 heavy (non-hydrogen) atoms. The van der Waals surface area contributed by atoms with E-state index in [1.54, 1.807) is 0 Å². The van der Waals surface area contributed by atoms with Crippen LogP contribution in [-0.2, 0) is 0 Å². The standard InChI is InChI=1S/C13H28N2/c1-6-7-15(10(2)3)13-11(4)8-14-9-12(13)5/h10-14H,6-9H2,1-5H3. The second-order valence-corrected chi connectivity index (χ2v) is 5.43. The molecule has 1 N–H and O–H groups in total. The third-order valence-electron chi connectivity index (χ3n) is 3.63. The van der Waals surface area contributed by atoms with Crippen LogP contribution >= 0.6 is 0 Å². The molecule has 1 aliphatic rings. The summed E-state index contributed by atoms with van der Waals surface area (Å²) in [5.41, 5.74) is 0. The fourth-order valence-electron chi connectivity index (χ4n) is 3.00. The summed E-state index contributed by atoms with van der Waals surface area (Å²) in [5, 5.41) is 3.52. The summed E-state index contributed by atoms with van der Waals surface area (Å²) in [7, 11) is 0. The van der Waals surface area contributed by atoms with E-state index in [4.69, 9.17) is 0 Å². The topological polar surface area (TPSA) is 15.3 Å². The minimum atomic E-state index is 0.679. The Kier molecular flexibility index (Phi) is 5.07. The van der Waals surface area contributed by atoms with Crippen molar-refractivity contribution < 1.29 is 0 Å². The predicted molar refractivity (Wildman–Crippen MR) is 67.1 cm³/mol. The van der Waals surface area contributed by atoms with Crippen LogP contribution in [0.15, 0.2) is 0 Å². The normalized spacial score (nSPS) is 32.6. The van der Waals surface area contributed by atoms with Crippen molar-refractivity contribution in [2.45, 2.75) is 53.1 Å². The highest BCUT2D eigenvalue weighted by molar-refractivity contribution is 4.88. The van der Waals surface area contributed by atoms with Crippen molar-refractivity contribution in [3.05, 3.63) is 0 Å². The summed E-state index contributed by atoms with van der Waals surface area (Å²) in [6, 6.07) is 1.45. The highest BCUT2D eigenvalue weighted by Gasteiger charge is 2.33. The lowest BCUT2D eigenvalue weighted by atomic mass is 9.85. The SMILES string of the molecule is CCCN(C(C)C)C1C(C)CNCC1C. The van der Waals surface area contributed by atoms with Crippen LogP contribution < -0.4 is 5.32 Å². The molecule has 0 amide bonds. The van der Waals surface area contributed by atoms with Crippen LogP contribution in [0.2, 0.25) is 0 Å². The molecule has 2 atom stereocenters. The maximum Gasteiger partial charge on any atom is 0.0173 e. The largest absolute Gasteiger partial charge is 0.316 e. The molecule has 2 unspecified atom stereocenters. The van der Waals surface area contributed by atoms with E-state index in [0.717, 1.165) is 17.9 Å². The average Bonchev–Trinajstić information content (AvgIpc) is 2.15. The molecule has 2 nitrogen and oxygen atoms in total. The van der Waals surface area contributed by atoms with Crippen LogP contribution in [0, 0.1) is 11.8 Å². The fraction of sp³-hybridized carbons (Fsp3) is 1.00. The van der Waals surface area contributed by atoms with Crippen LogP contribution in [0.4, 0.5) is 0 Å². The number of hydrogen-bond donors (Lipinski definition) is 1. The van der Waals surface area contributed by atoms with E-state index in [2.05, 4.69) is 44.8 Å². The Morgan fingerprint density at radius 2 is 1.73 bits per heavy atom. The van der Waals surface area contributed by atoms with Gasteiger partial charge in [0.1, 0.15) is 0 Å². The third-order valence-corrected chi connectivity index (χ3v) is 3.63. The zero-order valence-corrected chi connectivity index (χ0v) is 11.1. The van der Waals surface area contributed by atoms with Gasteiger partial charge in [-0.15, -0.1) is 0 Å². The van der Waals surface area contributed by atoms with Crippen LogP contribution in [0.3, 0.4) is 0 Å². The number of nitrogens with zero attached hydrogens (tertiary/aromatic N) is 1. The van der Waals surface area contributed by atoms with E-state index in [-0.39, 0.29) is 0 Å². The minimum Gasteiger partial charge on any atom is -0.316 e. The molecule has 2 heteroatoms. The van der Waals surface area contributed by atoms with E-state index < -0.39 is 0 Å². The van der Waals surface area contributed by atoms with Gasteiger partial charge in [-0.3, -0.25) is 4.90 Å². The Morgan fingerprint density at radius 1 is 1.20 bits per heavy atom. The van der Waals surface area contributed by atoms with Gasteiger partial charge in [0.2, 0.25) is 0 Å². The van der Waals surface area contributed by atoms with E-state index in [0.29, 0.717) is 6.04 Å². The molecule has 0 saturated carbocycles. The second-order valence-electron chi connectivity index (χ2n) is 5.43. The Hall–Kier alpha value is -0.0800. The molecule has 0 aromatic rings. The summed E-state index contributed by atoms with van der Waals surface area (Å²) in [5.74, 6) is 1.56. The molecule has 1 heterocycles. The number of nitrogens with one attached hydrogen (secondary N) is 1. The monoisotopic (exact) mass is 212 g/mol. The second kappa shape index (κ2) is 5.86. The van der Waals surface area contributed by atoms with E-state index >= 15 is 0 Å². The quantitative estimate of drug-likeness (QED) is 0.769. The van der Waals surface area contributed by atoms with Crippen LogP contribution in [0.5, 0.6) is 0 Å². The molecule has 0 spiro atoms. The Morgan fingerprint density at radius 3 is 2.13 bits per heavy atom. The Balaban J connectivity index is 2.69. The first kappa shape index (κ1) is 13.0. The third kappa shape index (κ3) is 3.18. The van der Waals surface area contributed by atoms with Crippen molar-refractivity contribution >= 4 is 0 Å². The van der Waals surface area contributed by atoms with Gasteiger partial charge in [-0.1, -0.05) is 20.8 Å². The Labute approximate surface area is 95.4 Å². The van der Waals surface area contributed by atoms with E-state index in [1.807, 2.05) is 0 Å². The van der Waals surface area contributed by atoms with Crippen molar-refractivity contribution in [3.63, 3.8) is 0 Å². The van der Waals surface area contributed by atoms with Gasteiger partial charge in [-0.05, 0) is 51.7 Å². The number of piperidine rings is 1. The zero-order valence-electron chi connectivity index (χ0n) is 11.1. The summed E-state index contributed by atoms with van der Waals surface area (Å²) in [6.45, 7) is 15.3. The maximum atomic E-state index is 3.52. The molecule has 1 saturated heterocycles. The van der Waals surface area contributed by atoms with Crippen LogP contribution in [-0.4, -0.2) is 36.6 Å². The van der Waals surface area contributed by atoms with Crippen molar-refractivity contribution in [3.8, 4) is 0 Å². The fourth-order valence-corrected chi connectivity index (χ4v) is 3.00. The van der Waals surface area contributed by atoms with Gasteiger partial charge < -0.3 is 5.32 Å². The first-order valence-corrected chi connectivity index (χ1v) is 6.54. The lowest BCUT2D eigenvalue weighted by Crippen LogP contribution is -2.55. The lowest BCUT2D eigenvalue weighted by Gasteiger charge is -2.45. The Bertz CT molecular complexity index is 169. The van der Waals surface area contributed by atoms with Crippen molar-refractivity contribution in [2.24, 2.45) is 11.8 Å².